The van der Waals surface area contributed by atoms with Gasteiger partial charge >= 0.3 is 0 Å². The van der Waals surface area contributed by atoms with E-state index in [1.165, 1.54) is 0 Å². The first-order valence-electron chi connectivity index (χ1n) is 8.86. The number of anilines is 1. The Balaban J connectivity index is 1.61. The van der Waals surface area contributed by atoms with Crippen LogP contribution in [0.4, 0.5) is 5.82 Å². The van der Waals surface area contributed by atoms with Crippen LogP contribution in [0, 0.1) is 12.8 Å². The molecule has 0 aliphatic carbocycles. The van der Waals surface area contributed by atoms with Crippen LogP contribution in [-0.4, -0.2) is 34.8 Å². The van der Waals surface area contributed by atoms with Gasteiger partial charge < -0.3 is 11.1 Å². The molecule has 1 aliphatic rings. The van der Waals surface area contributed by atoms with E-state index in [2.05, 4.69) is 15.2 Å². The molecule has 1 aromatic heterocycles. The lowest BCUT2D eigenvalue weighted by Gasteiger charge is -2.35. The number of nitrogens with two attached hydrogens (primary N) is 1. The van der Waals surface area contributed by atoms with Gasteiger partial charge in [-0.3, -0.25) is 14.5 Å². The van der Waals surface area contributed by atoms with Crippen LogP contribution in [0.5, 0.6) is 0 Å². The largest absolute Gasteiger partial charge is 0.368 e. The molecule has 3 N–H and O–H groups in total. The number of carbonyl (C=O) groups excluding carboxylic acids is 2. The third-order valence-corrected chi connectivity index (χ3v) is 4.82. The maximum atomic E-state index is 12.5. The van der Waals surface area contributed by atoms with E-state index in [0.717, 1.165) is 11.1 Å². The number of amides is 2. The lowest BCUT2D eigenvalue weighted by atomic mass is 9.93. The van der Waals surface area contributed by atoms with Crippen LogP contribution in [0.2, 0.25) is 0 Å². The van der Waals surface area contributed by atoms with Gasteiger partial charge in [0.2, 0.25) is 11.8 Å². The lowest BCUT2D eigenvalue weighted by Crippen LogP contribution is -2.44. The van der Waals surface area contributed by atoms with Crippen LogP contribution in [0.25, 0.3) is 0 Å². The van der Waals surface area contributed by atoms with Crippen molar-refractivity contribution in [1.82, 2.24) is 9.88 Å². The monoisotopic (exact) mass is 352 g/mol. The van der Waals surface area contributed by atoms with Crippen molar-refractivity contribution in [3.05, 3.63) is 59.8 Å². The van der Waals surface area contributed by atoms with Crippen molar-refractivity contribution in [2.24, 2.45) is 11.7 Å². The maximum Gasteiger partial charge on any atom is 0.239 e. The molecule has 0 radical (unpaired) electrons. The number of hydrogen-bond donors (Lipinski definition) is 2. The van der Waals surface area contributed by atoms with E-state index < -0.39 is 6.04 Å². The van der Waals surface area contributed by atoms with Gasteiger partial charge in [0, 0.05) is 12.1 Å². The molecule has 0 saturated carbocycles. The molecule has 2 amide bonds. The Morgan fingerprint density at radius 2 is 1.88 bits per heavy atom. The van der Waals surface area contributed by atoms with E-state index in [9.17, 15) is 9.59 Å². The topological polar surface area (TPSA) is 88.3 Å². The smallest absolute Gasteiger partial charge is 0.239 e. The Bertz CT molecular complexity index is 770. The van der Waals surface area contributed by atoms with Gasteiger partial charge in [-0.15, -0.1) is 0 Å². The van der Waals surface area contributed by atoms with Crippen LogP contribution in [-0.2, 0) is 9.59 Å². The minimum atomic E-state index is -0.446. The van der Waals surface area contributed by atoms with Crippen molar-refractivity contribution >= 4 is 17.6 Å². The highest BCUT2D eigenvalue weighted by molar-refractivity contribution is 5.91. The van der Waals surface area contributed by atoms with Gasteiger partial charge in [-0.2, -0.15) is 0 Å². The standard InChI is InChI=1S/C20H24N4O2/c1-14-7-10-22-17(13-14)23-20(26)16-8-11-24(12-9-16)18(19(21)25)15-5-3-2-4-6-15/h2-7,10,13,16,18H,8-9,11-12H2,1H3,(H2,21,25)(H,22,23,26). The molecule has 26 heavy (non-hydrogen) atoms. The van der Waals surface area contributed by atoms with Crippen molar-refractivity contribution in [1.29, 1.82) is 0 Å². The molecule has 0 bridgehead atoms. The van der Waals surface area contributed by atoms with E-state index >= 15 is 0 Å². The summed E-state index contributed by atoms with van der Waals surface area (Å²) in [6.07, 6.45) is 3.06. The SMILES string of the molecule is Cc1ccnc(NC(=O)C2CCN(C(C(N)=O)c3ccccc3)CC2)c1. The Kier molecular flexibility index (Phi) is 5.63. The van der Waals surface area contributed by atoms with Crippen LogP contribution < -0.4 is 11.1 Å². The Morgan fingerprint density at radius 3 is 2.50 bits per heavy atom. The lowest BCUT2D eigenvalue weighted by molar-refractivity contribution is -0.125. The van der Waals surface area contributed by atoms with Crippen molar-refractivity contribution in [2.75, 3.05) is 18.4 Å². The number of nitrogens with one attached hydrogen (secondary N) is 1. The number of rotatable bonds is 5. The molecule has 0 spiro atoms. The molecule has 6 heteroatoms. The molecular weight excluding hydrogens is 328 g/mol. The number of pyridine rings is 1. The second kappa shape index (κ2) is 8.10. The molecule has 3 rings (SSSR count). The second-order valence-corrected chi connectivity index (χ2v) is 6.73. The van der Waals surface area contributed by atoms with E-state index in [1.54, 1.807) is 6.20 Å². The van der Waals surface area contributed by atoms with Crippen LogP contribution in [0.3, 0.4) is 0 Å². The van der Waals surface area contributed by atoms with E-state index in [0.29, 0.717) is 31.7 Å². The number of nitrogens with zero attached hydrogens (tertiary/aromatic N) is 2. The van der Waals surface area contributed by atoms with Crippen molar-refractivity contribution < 1.29 is 9.59 Å². The van der Waals surface area contributed by atoms with Crippen molar-refractivity contribution in [3.63, 3.8) is 0 Å². The molecule has 1 aliphatic heterocycles. The van der Waals surface area contributed by atoms with Gasteiger partial charge in [0.25, 0.3) is 0 Å². The zero-order valence-corrected chi connectivity index (χ0v) is 14.9. The number of piperidine rings is 1. The number of hydrogen-bond acceptors (Lipinski definition) is 4. The fourth-order valence-corrected chi connectivity index (χ4v) is 3.44. The first-order valence-corrected chi connectivity index (χ1v) is 8.86. The van der Waals surface area contributed by atoms with E-state index in [-0.39, 0.29) is 17.7 Å². The van der Waals surface area contributed by atoms with Crippen LogP contribution >= 0.6 is 0 Å². The third kappa shape index (κ3) is 4.26. The van der Waals surface area contributed by atoms with Gasteiger partial charge in [-0.25, -0.2) is 4.98 Å². The fourth-order valence-electron chi connectivity index (χ4n) is 3.44. The molecule has 2 aromatic rings. The van der Waals surface area contributed by atoms with Crippen molar-refractivity contribution in [2.45, 2.75) is 25.8 Å². The number of aryl methyl sites for hydroxylation is 1. The summed E-state index contributed by atoms with van der Waals surface area (Å²) in [5.74, 6) is 0.121. The predicted octanol–water partition coefficient (Wildman–Crippen LogP) is 2.27. The third-order valence-electron chi connectivity index (χ3n) is 4.82. The second-order valence-electron chi connectivity index (χ2n) is 6.73. The number of aromatic nitrogens is 1. The minimum absolute atomic E-state index is 0.0157. The highest BCUT2D eigenvalue weighted by Gasteiger charge is 2.32. The first-order chi connectivity index (χ1) is 12.5. The van der Waals surface area contributed by atoms with E-state index in [4.69, 9.17) is 5.73 Å². The zero-order chi connectivity index (χ0) is 18.5. The predicted molar refractivity (Wildman–Crippen MR) is 100 cm³/mol. The van der Waals surface area contributed by atoms with Crippen LogP contribution in [0.1, 0.15) is 30.0 Å². The van der Waals surface area contributed by atoms with Gasteiger partial charge in [0.15, 0.2) is 0 Å². The van der Waals surface area contributed by atoms with Gasteiger partial charge in [0.1, 0.15) is 11.9 Å². The summed E-state index contributed by atoms with van der Waals surface area (Å²) in [6, 6.07) is 12.8. The molecule has 1 aromatic carbocycles. The Morgan fingerprint density at radius 1 is 1.19 bits per heavy atom. The molecule has 136 valence electrons. The zero-order valence-electron chi connectivity index (χ0n) is 14.9. The average molecular weight is 352 g/mol. The normalized spacial score (nSPS) is 16.8. The van der Waals surface area contributed by atoms with Gasteiger partial charge in [0.05, 0.1) is 0 Å². The summed E-state index contributed by atoms with van der Waals surface area (Å²) in [5.41, 5.74) is 7.59. The summed E-state index contributed by atoms with van der Waals surface area (Å²) >= 11 is 0. The molecule has 1 fully saturated rings. The molecule has 2 heterocycles. The minimum Gasteiger partial charge on any atom is -0.368 e. The Hall–Kier alpha value is -2.73. The Labute approximate surface area is 153 Å². The highest BCUT2D eigenvalue weighted by Crippen LogP contribution is 2.27. The molecular formula is C20H24N4O2. The number of carbonyl (C=O) groups is 2. The van der Waals surface area contributed by atoms with Gasteiger partial charge in [-0.1, -0.05) is 30.3 Å². The summed E-state index contributed by atoms with van der Waals surface area (Å²) in [6.45, 7) is 3.27. The maximum absolute atomic E-state index is 12.5. The van der Waals surface area contributed by atoms with Crippen LogP contribution in [0.15, 0.2) is 48.7 Å². The highest BCUT2D eigenvalue weighted by atomic mass is 16.2. The summed E-state index contributed by atoms with van der Waals surface area (Å²) in [4.78, 5) is 30.7. The molecule has 1 saturated heterocycles. The summed E-state index contributed by atoms with van der Waals surface area (Å²) in [7, 11) is 0. The molecule has 6 nitrogen and oxygen atoms in total. The fraction of sp³-hybridized carbons (Fsp3) is 0.350. The van der Waals surface area contributed by atoms with Crippen molar-refractivity contribution in [3.8, 4) is 0 Å². The molecule has 1 atom stereocenters. The molecule has 1 unspecified atom stereocenters. The number of likely N-dealkylation sites (tertiary alicyclic amines) is 1. The number of benzene rings is 1. The van der Waals surface area contributed by atoms with E-state index in [1.807, 2.05) is 49.4 Å². The quantitative estimate of drug-likeness (QED) is 0.864. The summed E-state index contributed by atoms with van der Waals surface area (Å²) in [5, 5.41) is 2.89. The number of primary amides is 1. The van der Waals surface area contributed by atoms with Gasteiger partial charge in [-0.05, 0) is 56.1 Å². The summed E-state index contributed by atoms with van der Waals surface area (Å²) < 4.78 is 0. The first kappa shape index (κ1) is 18.1. The average Bonchev–Trinajstić information content (AvgIpc) is 2.63.